The molecule has 0 radical (unpaired) electrons. The number of nitrogens with zero attached hydrogens (tertiary/aromatic N) is 1. The first-order valence-corrected chi connectivity index (χ1v) is 10.7. The minimum Gasteiger partial charge on any atom is -0.489 e. The molecule has 1 aliphatic rings. The number of nitrogens with one attached hydrogen (secondary N) is 1. The lowest BCUT2D eigenvalue weighted by atomic mass is 10.1. The summed E-state index contributed by atoms with van der Waals surface area (Å²) in [5.74, 6) is 0.577. The van der Waals surface area contributed by atoms with E-state index in [9.17, 15) is 4.79 Å². The number of carbonyl (C=O) groups excluding carboxylic acids is 1. The monoisotopic (exact) mass is 416 g/mol. The number of hydrogen-bond acceptors (Lipinski definition) is 4. The number of benzene rings is 3. The summed E-state index contributed by atoms with van der Waals surface area (Å²) in [6, 6.07) is 27.4. The van der Waals surface area contributed by atoms with E-state index < -0.39 is 0 Å². The van der Waals surface area contributed by atoms with Crippen molar-refractivity contribution in [2.24, 2.45) is 0 Å². The minimum absolute atomic E-state index is 0.0966. The fourth-order valence-electron chi connectivity index (χ4n) is 3.67. The van der Waals surface area contributed by atoms with E-state index in [2.05, 4.69) is 22.3 Å². The Morgan fingerprint density at radius 3 is 2.39 bits per heavy atom. The normalized spacial score (nSPS) is 15.2. The van der Waals surface area contributed by atoms with E-state index in [-0.39, 0.29) is 11.9 Å². The SMILES string of the molecule is O=C(N[C@H](CN1CCOCC1)c1ccccc1)c1cccc(OCc2ccccc2)c1. The van der Waals surface area contributed by atoms with Gasteiger partial charge in [0.1, 0.15) is 12.4 Å². The Kier molecular flexibility index (Phi) is 7.32. The van der Waals surface area contributed by atoms with Crippen LogP contribution in [-0.2, 0) is 11.3 Å². The largest absolute Gasteiger partial charge is 0.489 e. The fourth-order valence-corrected chi connectivity index (χ4v) is 3.67. The van der Waals surface area contributed by atoms with Gasteiger partial charge in [-0.2, -0.15) is 0 Å². The van der Waals surface area contributed by atoms with Crippen LogP contribution in [-0.4, -0.2) is 43.7 Å². The summed E-state index contributed by atoms with van der Waals surface area (Å²) in [4.78, 5) is 15.4. The molecule has 1 aliphatic heterocycles. The van der Waals surface area contributed by atoms with Crippen LogP contribution in [0.15, 0.2) is 84.9 Å². The maximum atomic E-state index is 13.1. The highest BCUT2D eigenvalue weighted by molar-refractivity contribution is 5.94. The summed E-state index contributed by atoms with van der Waals surface area (Å²) >= 11 is 0. The van der Waals surface area contributed by atoms with E-state index in [1.54, 1.807) is 6.07 Å². The van der Waals surface area contributed by atoms with Crippen LogP contribution >= 0.6 is 0 Å². The molecule has 1 saturated heterocycles. The maximum absolute atomic E-state index is 13.1. The van der Waals surface area contributed by atoms with E-state index in [0.717, 1.165) is 44.0 Å². The Hall–Kier alpha value is -3.15. The molecule has 0 aliphatic carbocycles. The van der Waals surface area contributed by atoms with Crippen molar-refractivity contribution < 1.29 is 14.3 Å². The summed E-state index contributed by atoms with van der Waals surface area (Å²) in [6.45, 7) is 4.44. The van der Waals surface area contributed by atoms with Crippen molar-refractivity contribution in [2.45, 2.75) is 12.6 Å². The van der Waals surface area contributed by atoms with E-state index in [1.807, 2.05) is 66.7 Å². The van der Waals surface area contributed by atoms with Gasteiger partial charge in [-0.1, -0.05) is 66.7 Å². The van der Waals surface area contributed by atoms with Gasteiger partial charge in [0.15, 0.2) is 0 Å². The Morgan fingerprint density at radius 2 is 1.65 bits per heavy atom. The van der Waals surface area contributed by atoms with E-state index in [4.69, 9.17) is 9.47 Å². The van der Waals surface area contributed by atoms with E-state index in [0.29, 0.717) is 17.9 Å². The number of ether oxygens (including phenoxy) is 2. The third kappa shape index (κ3) is 6.17. The molecule has 3 aromatic rings. The molecule has 160 valence electrons. The summed E-state index contributed by atoms with van der Waals surface area (Å²) in [5.41, 5.74) is 2.78. The first-order valence-electron chi connectivity index (χ1n) is 10.7. The van der Waals surface area contributed by atoms with Crippen LogP contribution in [0.5, 0.6) is 5.75 Å². The highest BCUT2D eigenvalue weighted by Crippen LogP contribution is 2.19. The lowest BCUT2D eigenvalue weighted by Gasteiger charge is -2.31. The van der Waals surface area contributed by atoms with Crippen LogP contribution in [0.25, 0.3) is 0 Å². The summed E-state index contributed by atoms with van der Waals surface area (Å²) < 4.78 is 11.4. The molecule has 4 rings (SSSR count). The number of morpholine rings is 1. The van der Waals surface area contributed by atoms with Gasteiger partial charge in [-0.15, -0.1) is 0 Å². The second-order valence-corrected chi connectivity index (χ2v) is 7.65. The second kappa shape index (κ2) is 10.8. The van der Waals surface area contributed by atoms with Crippen molar-refractivity contribution in [3.8, 4) is 5.75 Å². The molecule has 0 spiro atoms. The third-order valence-electron chi connectivity index (χ3n) is 5.40. The molecule has 5 nitrogen and oxygen atoms in total. The Labute approximate surface area is 183 Å². The lowest BCUT2D eigenvalue weighted by Crippen LogP contribution is -2.43. The zero-order chi connectivity index (χ0) is 21.3. The smallest absolute Gasteiger partial charge is 0.251 e. The molecule has 0 bridgehead atoms. The van der Waals surface area contributed by atoms with Gasteiger partial charge in [-0.3, -0.25) is 9.69 Å². The Balaban J connectivity index is 1.43. The molecule has 31 heavy (non-hydrogen) atoms. The molecule has 0 aromatic heterocycles. The third-order valence-corrected chi connectivity index (χ3v) is 5.40. The number of amides is 1. The van der Waals surface area contributed by atoms with Gasteiger partial charge in [0.25, 0.3) is 5.91 Å². The van der Waals surface area contributed by atoms with Gasteiger partial charge < -0.3 is 14.8 Å². The highest BCUT2D eigenvalue weighted by Gasteiger charge is 2.21. The zero-order valence-corrected chi connectivity index (χ0v) is 17.6. The average molecular weight is 417 g/mol. The molecule has 1 N–H and O–H groups in total. The quantitative estimate of drug-likeness (QED) is 0.602. The summed E-state index contributed by atoms with van der Waals surface area (Å²) in [5, 5.41) is 3.22. The van der Waals surface area contributed by atoms with Crippen LogP contribution in [0.2, 0.25) is 0 Å². The van der Waals surface area contributed by atoms with Crippen molar-refractivity contribution in [1.82, 2.24) is 10.2 Å². The van der Waals surface area contributed by atoms with E-state index in [1.165, 1.54) is 0 Å². The van der Waals surface area contributed by atoms with Crippen molar-refractivity contribution in [2.75, 3.05) is 32.8 Å². The molecular formula is C26H28N2O3. The predicted octanol–water partition coefficient (Wildman–Crippen LogP) is 4.07. The van der Waals surface area contributed by atoms with Crippen molar-refractivity contribution in [3.05, 3.63) is 102 Å². The number of carbonyl (C=O) groups is 1. The number of hydrogen-bond donors (Lipinski definition) is 1. The Morgan fingerprint density at radius 1 is 0.935 bits per heavy atom. The van der Waals surface area contributed by atoms with Crippen LogP contribution in [0.3, 0.4) is 0 Å². The van der Waals surface area contributed by atoms with Crippen LogP contribution in [0.1, 0.15) is 27.5 Å². The van der Waals surface area contributed by atoms with Gasteiger partial charge in [-0.05, 0) is 29.3 Å². The molecule has 0 unspecified atom stereocenters. The van der Waals surface area contributed by atoms with Crippen LogP contribution in [0.4, 0.5) is 0 Å². The van der Waals surface area contributed by atoms with Crippen molar-refractivity contribution in [1.29, 1.82) is 0 Å². The second-order valence-electron chi connectivity index (χ2n) is 7.65. The first-order chi connectivity index (χ1) is 15.3. The molecule has 5 heteroatoms. The standard InChI is InChI=1S/C26H28N2O3/c29-26(23-12-7-13-24(18-23)31-20-21-8-3-1-4-9-21)27-25(22-10-5-2-6-11-22)19-28-14-16-30-17-15-28/h1-13,18,25H,14-17,19-20H2,(H,27,29)/t25-/m1/s1. The Bertz CT molecular complexity index is 957. The predicted molar refractivity (Wildman–Crippen MR) is 121 cm³/mol. The van der Waals surface area contributed by atoms with Gasteiger partial charge in [0, 0.05) is 25.2 Å². The van der Waals surface area contributed by atoms with Crippen LogP contribution < -0.4 is 10.1 Å². The molecule has 3 aromatic carbocycles. The molecule has 1 fully saturated rings. The topological polar surface area (TPSA) is 50.8 Å². The summed E-state index contributed by atoms with van der Waals surface area (Å²) in [7, 11) is 0. The van der Waals surface area contributed by atoms with E-state index >= 15 is 0 Å². The van der Waals surface area contributed by atoms with Gasteiger partial charge in [0.05, 0.1) is 19.3 Å². The lowest BCUT2D eigenvalue weighted by molar-refractivity contribution is 0.0332. The number of rotatable bonds is 8. The molecule has 1 heterocycles. The molecule has 0 saturated carbocycles. The minimum atomic E-state index is -0.104. The first kappa shape index (κ1) is 21.1. The summed E-state index contributed by atoms with van der Waals surface area (Å²) in [6.07, 6.45) is 0. The van der Waals surface area contributed by atoms with Gasteiger partial charge in [0.2, 0.25) is 0 Å². The van der Waals surface area contributed by atoms with Crippen molar-refractivity contribution >= 4 is 5.91 Å². The average Bonchev–Trinajstić information content (AvgIpc) is 2.84. The van der Waals surface area contributed by atoms with Crippen molar-refractivity contribution in [3.63, 3.8) is 0 Å². The fraction of sp³-hybridized carbons (Fsp3) is 0.269. The highest BCUT2D eigenvalue weighted by atomic mass is 16.5. The maximum Gasteiger partial charge on any atom is 0.251 e. The zero-order valence-electron chi connectivity index (χ0n) is 17.6. The molecular weight excluding hydrogens is 388 g/mol. The van der Waals surface area contributed by atoms with Gasteiger partial charge >= 0.3 is 0 Å². The van der Waals surface area contributed by atoms with Crippen LogP contribution in [0, 0.1) is 0 Å². The molecule has 1 atom stereocenters. The van der Waals surface area contributed by atoms with Gasteiger partial charge in [-0.25, -0.2) is 0 Å². The molecule has 1 amide bonds.